The van der Waals surface area contributed by atoms with Crippen LogP contribution >= 0.6 is 11.3 Å². The van der Waals surface area contributed by atoms with Crippen molar-refractivity contribution in [3.8, 4) is 0 Å². The zero-order valence-electron chi connectivity index (χ0n) is 9.36. The first-order chi connectivity index (χ1) is 7.27. The van der Waals surface area contributed by atoms with Crippen LogP contribution in [0.25, 0.3) is 0 Å². The summed E-state index contributed by atoms with van der Waals surface area (Å²) in [7, 11) is 0. The molecule has 2 nitrogen and oxygen atoms in total. The van der Waals surface area contributed by atoms with Crippen LogP contribution in [0.4, 0.5) is 0 Å². The van der Waals surface area contributed by atoms with Gasteiger partial charge in [0.2, 0.25) is 0 Å². The first-order valence-electron chi connectivity index (χ1n) is 5.43. The highest BCUT2D eigenvalue weighted by Crippen LogP contribution is 2.11. The maximum absolute atomic E-state index is 11.7. The van der Waals surface area contributed by atoms with E-state index in [2.05, 4.69) is 11.4 Å². The lowest BCUT2D eigenvalue weighted by molar-refractivity contribution is -0.130. The molecule has 0 spiro atoms. The molecule has 0 N–H and O–H groups in total. The molecule has 0 aliphatic carbocycles. The number of Topliss-reactive ketones (excluding diaryl/α,β-unsaturated/α-hetero) is 1. The molecule has 1 unspecified atom stereocenters. The van der Waals surface area contributed by atoms with Crippen LogP contribution in [0, 0.1) is 0 Å². The van der Waals surface area contributed by atoms with E-state index in [0.29, 0.717) is 13.0 Å². The molecule has 0 radical (unpaired) electrons. The minimum absolute atomic E-state index is 0.200. The van der Waals surface area contributed by atoms with Gasteiger partial charge in [0.05, 0.1) is 0 Å². The van der Waals surface area contributed by atoms with E-state index >= 15 is 0 Å². The summed E-state index contributed by atoms with van der Waals surface area (Å²) in [5.74, 6) is 0.227. The topological polar surface area (TPSA) is 26.3 Å². The third-order valence-electron chi connectivity index (χ3n) is 2.34. The molecule has 0 bridgehead atoms. The van der Waals surface area contributed by atoms with Gasteiger partial charge in [-0.15, -0.1) is 0 Å². The van der Waals surface area contributed by atoms with Crippen molar-refractivity contribution in [3.05, 3.63) is 22.4 Å². The van der Waals surface area contributed by atoms with E-state index in [9.17, 15) is 4.79 Å². The summed E-state index contributed by atoms with van der Waals surface area (Å²) < 4.78 is 5.38. The van der Waals surface area contributed by atoms with Gasteiger partial charge in [-0.2, -0.15) is 11.3 Å². The number of carbonyl (C=O) groups is 1. The Morgan fingerprint density at radius 1 is 1.53 bits per heavy atom. The number of ketones is 1. The van der Waals surface area contributed by atoms with E-state index < -0.39 is 0 Å². The second kappa shape index (κ2) is 6.75. The van der Waals surface area contributed by atoms with E-state index in [-0.39, 0.29) is 11.9 Å². The summed E-state index contributed by atoms with van der Waals surface area (Å²) in [4.78, 5) is 11.7. The van der Waals surface area contributed by atoms with Gasteiger partial charge < -0.3 is 4.74 Å². The Balaban J connectivity index is 2.34. The van der Waals surface area contributed by atoms with Crippen molar-refractivity contribution in [2.45, 2.75) is 39.2 Å². The van der Waals surface area contributed by atoms with Gasteiger partial charge in [0, 0.05) is 13.0 Å². The fourth-order valence-electron chi connectivity index (χ4n) is 1.50. The second-order valence-electron chi connectivity index (χ2n) is 3.45. The van der Waals surface area contributed by atoms with Crippen LogP contribution in [0.2, 0.25) is 0 Å². The van der Waals surface area contributed by atoms with Crippen molar-refractivity contribution in [1.29, 1.82) is 0 Å². The number of hydrogen-bond donors (Lipinski definition) is 0. The van der Waals surface area contributed by atoms with Crippen molar-refractivity contribution in [1.82, 2.24) is 0 Å². The molecule has 0 aliphatic heterocycles. The number of hydrogen-bond acceptors (Lipinski definition) is 3. The molecule has 0 saturated heterocycles. The van der Waals surface area contributed by atoms with E-state index in [1.807, 2.05) is 19.2 Å². The lowest BCUT2D eigenvalue weighted by Crippen LogP contribution is -2.23. The number of carbonyl (C=O) groups excluding carboxylic acids is 1. The highest BCUT2D eigenvalue weighted by atomic mass is 32.1. The summed E-state index contributed by atoms with van der Waals surface area (Å²) in [6.07, 6.45) is 2.01. The van der Waals surface area contributed by atoms with Gasteiger partial charge in [-0.05, 0) is 42.2 Å². The van der Waals surface area contributed by atoms with Gasteiger partial charge >= 0.3 is 0 Å². The van der Waals surface area contributed by atoms with E-state index in [4.69, 9.17) is 4.74 Å². The van der Waals surface area contributed by atoms with E-state index in [1.165, 1.54) is 5.56 Å². The number of ether oxygens (including phenoxy) is 1. The SMILES string of the molecule is CCOC(CC)C(=O)CCc1ccsc1. The van der Waals surface area contributed by atoms with Crippen LogP contribution in [-0.2, 0) is 16.0 Å². The Morgan fingerprint density at radius 3 is 2.87 bits per heavy atom. The molecule has 0 aliphatic rings. The van der Waals surface area contributed by atoms with Crippen LogP contribution in [-0.4, -0.2) is 18.5 Å². The zero-order valence-corrected chi connectivity index (χ0v) is 10.2. The van der Waals surface area contributed by atoms with Crippen molar-refractivity contribution in [2.24, 2.45) is 0 Å². The molecule has 3 heteroatoms. The normalized spacial score (nSPS) is 12.7. The van der Waals surface area contributed by atoms with E-state index in [1.54, 1.807) is 11.3 Å². The maximum atomic E-state index is 11.7. The average Bonchev–Trinajstić information content (AvgIpc) is 2.75. The summed E-state index contributed by atoms with van der Waals surface area (Å²) in [5.41, 5.74) is 1.25. The smallest absolute Gasteiger partial charge is 0.161 e. The third kappa shape index (κ3) is 4.14. The van der Waals surface area contributed by atoms with E-state index in [0.717, 1.165) is 12.8 Å². The minimum atomic E-state index is -0.200. The summed E-state index contributed by atoms with van der Waals surface area (Å²) >= 11 is 1.67. The van der Waals surface area contributed by atoms with Crippen LogP contribution in [0.15, 0.2) is 16.8 Å². The Bertz CT molecular complexity index is 280. The first kappa shape index (κ1) is 12.4. The monoisotopic (exact) mass is 226 g/mol. The lowest BCUT2D eigenvalue weighted by atomic mass is 10.1. The zero-order chi connectivity index (χ0) is 11.1. The summed E-state index contributed by atoms with van der Waals surface area (Å²) in [6.45, 7) is 4.53. The third-order valence-corrected chi connectivity index (χ3v) is 3.07. The molecule has 0 amide bonds. The molecule has 1 rings (SSSR count). The van der Waals surface area contributed by atoms with Crippen molar-refractivity contribution < 1.29 is 9.53 Å². The van der Waals surface area contributed by atoms with Crippen molar-refractivity contribution in [2.75, 3.05) is 6.61 Å². The molecule has 1 heterocycles. The Labute approximate surface area is 95.3 Å². The van der Waals surface area contributed by atoms with Gasteiger partial charge in [0.25, 0.3) is 0 Å². The Morgan fingerprint density at radius 2 is 2.33 bits per heavy atom. The average molecular weight is 226 g/mol. The molecule has 0 aromatic carbocycles. The largest absolute Gasteiger partial charge is 0.371 e. The highest BCUT2D eigenvalue weighted by molar-refractivity contribution is 7.07. The fraction of sp³-hybridized carbons (Fsp3) is 0.583. The van der Waals surface area contributed by atoms with Gasteiger partial charge in [0.15, 0.2) is 5.78 Å². The fourth-order valence-corrected chi connectivity index (χ4v) is 2.21. The standard InChI is InChI=1S/C12H18O2S/c1-3-12(14-4-2)11(13)6-5-10-7-8-15-9-10/h7-9,12H,3-6H2,1-2H3. The molecule has 0 fully saturated rings. The molecule has 84 valence electrons. The lowest BCUT2D eigenvalue weighted by Gasteiger charge is -2.13. The molecule has 1 aromatic heterocycles. The number of rotatable bonds is 7. The molecule has 0 saturated carbocycles. The number of aryl methyl sites for hydroxylation is 1. The van der Waals surface area contributed by atoms with Gasteiger partial charge in [-0.25, -0.2) is 0 Å². The summed E-state index contributed by atoms with van der Waals surface area (Å²) in [6, 6.07) is 2.07. The maximum Gasteiger partial charge on any atom is 0.161 e. The molecule has 1 aromatic rings. The van der Waals surface area contributed by atoms with Crippen LogP contribution in [0.1, 0.15) is 32.3 Å². The molecular formula is C12H18O2S. The van der Waals surface area contributed by atoms with Gasteiger partial charge in [-0.1, -0.05) is 6.92 Å². The quantitative estimate of drug-likeness (QED) is 0.714. The van der Waals surface area contributed by atoms with Crippen molar-refractivity contribution in [3.63, 3.8) is 0 Å². The second-order valence-corrected chi connectivity index (χ2v) is 4.23. The highest BCUT2D eigenvalue weighted by Gasteiger charge is 2.15. The molecule has 15 heavy (non-hydrogen) atoms. The van der Waals surface area contributed by atoms with Crippen LogP contribution < -0.4 is 0 Å². The minimum Gasteiger partial charge on any atom is -0.371 e. The number of thiophene rings is 1. The first-order valence-corrected chi connectivity index (χ1v) is 6.37. The van der Waals surface area contributed by atoms with Crippen molar-refractivity contribution >= 4 is 17.1 Å². The Hall–Kier alpha value is -0.670. The predicted molar refractivity (Wildman–Crippen MR) is 63.4 cm³/mol. The molecular weight excluding hydrogens is 208 g/mol. The molecule has 1 atom stereocenters. The van der Waals surface area contributed by atoms with Crippen LogP contribution in [0.5, 0.6) is 0 Å². The predicted octanol–water partition coefficient (Wildman–Crippen LogP) is 3.06. The summed E-state index contributed by atoms with van der Waals surface area (Å²) in [5, 5.41) is 4.13. The Kier molecular flexibility index (Phi) is 5.58. The van der Waals surface area contributed by atoms with Gasteiger partial charge in [-0.3, -0.25) is 4.79 Å². The van der Waals surface area contributed by atoms with Crippen LogP contribution in [0.3, 0.4) is 0 Å². The van der Waals surface area contributed by atoms with Gasteiger partial charge in [0.1, 0.15) is 6.10 Å².